The number of carboxylic acid groups (broad SMARTS) is 1. The second kappa shape index (κ2) is 5.91. The average molecular weight is 286 g/mol. The molecule has 5 nitrogen and oxygen atoms in total. The van der Waals surface area contributed by atoms with E-state index in [1.807, 2.05) is 26.8 Å². The molecule has 1 aromatic heterocycles. The Kier molecular flexibility index (Phi) is 4.21. The molecule has 0 aliphatic heterocycles. The number of hydrogen-bond donors (Lipinski definition) is 1. The van der Waals surface area contributed by atoms with Gasteiger partial charge in [-0.1, -0.05) is 26.0 Å². The van der Waals surface area contributed by atoms with E-state index in [1.165, 1.54) is 6.07 Å². The van der Waals surface area contributed by atoms with Gasteiger partial charge in [-0.05, 0) is 37.5 Å². The Balaban J connectivity index is 2.45. The monoisotopic (exact) mass is 286 g/mol. The lowest BCUT2D eigenvalue weighted by molar-refractivity contribution is 0.0694. The smallest absolute Gasteiger partial charge is 0.339 e. The molecular formula is C16H18N2O3. The molecule has 0 spiro atoms. The van der Waals surface area contributed by atoms with Crippen LogP contribution in [-0.2, 0) is 0 Å². The molecule has 0 atom stereocenters. The second-order valence-electron chi connectivity index (χ2n) is 5.23. The number of carbonyl (C=O) groups is 1. The van der Waals surface area contributed by atoms with Gasteiger partial charge in [0, 0.05) is 5.69 Å². The summed E-state index contributed by atoms with van der Waals surface area (Å²) in [5.74, 6) is -0.513. The molecule has 0 amide bonds. The summed E-state index contributed by atoms with van der Waals surface area (Å²) in [4.78, 5) is 19.9. The van der Waals surface area contributed by atoms with Crippen molar-refractivity contribution in [3.8, 4) is 11.8 Å². The number of rotatable bonds is 4. The van der Waals surface area contributed by atoms with Crippen LogP contribution in [0, 0.1) is 13.8 Å². The van der Waals surface area contributed by atoms with E-state index in [2.05, 4.69) is 9.97 Å². The molecule has 0 saturated carbocycles. The lowest BCUT2D eigenvalue weighted by Crippen LogP contribution is -2.05. The molecule has 0 aliphatic carbocycles. The molecular weight excluding hydrogens is 268 g/mol. The van der Waals surface area contributed by atoms with E-state index >= 15 is 0 Å². The van der Waals surface area contributed by atoms with Crippen molar-refractivity contribution in [3.63, 3.8) is 0 Å². The predicted molar refractivity (Wildman–Crippen MR) is 79.1 cm³/mol. The number of hydrogen-bond acceptors (Lipinski definition) is 4. The molecule has 1 heterocycles. The van der Waals surface area contributed by atoms with Crippen LogP contribution in [-0.4, -0.2) is 21.0 Å². The maximum Gasteiger partial charge on any atom is 0.339 e. The zero-order valence-electron chi connectivity index (χ0n) is 12.5. The van der Waals surface area contributed by atoms with Crippen LogP contribution in [0.5, 0.6) is 11.8 Å². The molecule has 1 N–H and O–H groups in total. The Labute approximate surface area is 123 Å². The van der Waals surface area contributed by atoms with Gasteiger partial charge >= 0.3 is 12.0 Å². The van der Waals surface area contributed by atoms with Crippen molar-refractivity contribution >= 4 is 5.97 Å². The number of aryl methyl sites for hydroxylation is 2. The fourth-order valence-electron chi connectivity index (χ4n) is 1.95. The van der Waals surface area contributed by atoms with Crippen molar-refractivity contribution in [2.24, 2.45) is 0 Å². The molecule has 2 aromatic rings. The number of benzene rings is 1. The van der Waals surface area contributed by atoms with Crippen LogP contribution in [0.2, 0.25) is 0 Å². The topological polar surface area (TPSA) is 72.3 Å². The highest BCUT2D eigenvalue weighted by molar-refractivity contribution is 5.91. The molecule has 0 unspecified atom stereocenters. The third-order valence-corrected chi connectivity index (χ3v) is 3.08. The Morgan fingerprint density at radius 3 is 2.57 bits per heavy atom. The van der Waals surface area contributed by atoms with E-state index in [9.17, 15) is 9.90 Å². The maximum atomic E-state index is 11.3. The number of ether oxygens (including phenoxy) is 1. The largest absolute Gasteiger partial charge is 0.478 e. The first-order valence-corrected chi connectivity index (χ1v) is 6.75. The van der Waals surface area contributed by atoms with Crippen LogP contribution in [0.25, 0.3) is 0 Å². The van der Waals surface area contributed by atoms with E-state index < -0.39 is 5.97 Å². The van der Waals surface area contributed by atoms with E-state index in [0.717, 1.165) is 17.0 Å². The summed E-state index contributed by atoms with van der Waals surface area (Å²) in [6.45, 7) is 7.71. The lowest BCUT2D eigenvalue weighted by atomic mass is 10.1. The number of para-hydroxylation sites is 1. The van der Waals surface area contributed by atoms with Crippen LogP contribution in [0.4, 0.5) is 0 Å². The highest BCUT2D eigenvalue weighted by Gasteiger charge is 2.16. The van der Waals surface area contributed by atoms with Crippen LogP contribution < -0.4 is 4.74 Å². The standard InChI is InChI=1S/C16H18N2O3/c1-9(2)13-8-11(4)17-16(18-13)21-14-10(3)6-5-7-12(14)15(19)20/h5-9H,1-4H3,(H,19,20). The van der Waals surface area contributed by atoms with Gasteiger partial charge in [0.25, 0.3) is 0 Å². The minimum Gasteiger partial charge on any atom is -0.478 e. The van der Waals surface area contributed by atoms with Crippen LogP contribution in [0.3, 0.4) is 0 Å². The summed E-state index contributed by atoms with van der Waals surface area (Å²) < 4.78 is 5.67. The minimum atomic E-state index is -1.04. The third-order valence-electron chi connectivity index (χ3n) is 3.08. The quantitative estimate of drug-likeness (QED) is 0.927. The van der Waals surface area contributed by atoms with Gasteiger partial charge in [0.05, 0.1) is 5.69 Å². The summed E-state index contributed by atoms with van der Waals surface area (Å²) >= 11 is 0. The number of aromatic carboxylic acids is 1. The average Bonchev–Trinajstić information content (AvgIpc) is 2.40. The number of carboxylic acids is 1. The van der Waals surface area contributed by atoms with Gasteiger partial charge in [0.2, 0.25) is 0 Å². The lowest BCUT2D eigenvalue weighted by Gasteiger charge is -2.12. The summed E-state index contributed by atoms with van der Waals surface area (Å²) in [5, 5.41) is 9.24. The van der Waals surface area contributed by atoms with E-state index in [-0.39, 0.29) is 23.2 Å². The Bertz CT molecular complexity index is 681. The number of aromatic nitrogens is 2. The maximum absolute atomic E-state index is 11.3. The van der Waals surface area contributed by atoms with Crippen molar-refractivity contribution in [1.82, 2.24) is 9.97 Å². The fourth-order valence-corrected chi connectivity index (χ4v) is 1.95. The van der Waals surface area contributed by atoms with E-state index in [4.69, 9.17) is 4.74 Å². The van der Waals surface area contributed by atoms with Crippen molar-refractivity contribution in [2.45, 2.75) is 33.6 Å². The van der Waals surface area contributed by atoms with Crippen LogP contribution in [0.1, 0.15) is 47.1 Å². The van der Waals surface area contributed by atoms with Gasteiger partial charge in [-0.25, -0.2) is 9.78 Å². The molecule has 0 aliphatic rings. The first kappa shape index (κ1) is 15.0. The zero-order valence-corrected chi connectivity index (χ0v) is 12.5. The molecule has 1 aromatic carbocycles. The van der Waals surface area contributed by atoms with Gasteiger partial charge in [-0.3, -0.25) is 0 Å². The highest BCUT2D eigenvalue weighted by Crippen LogP contribution is 2.28. The first-order chi connectivity index (χ1) is 9.88. The molecule has 0 fully saturated rings. The Morgan fingerprint density at radius 1 is 1.24 bits per heavy atom. The first-order valence-electron chi connectivity index (χ1n) is 6.75. The molecule has 5 heteroatoms. The molecule has 110 valence electrons. The van der Waals surface area contributed by atoms with Gasteiger partial charge in [0.15, 0.2) is 0 Å². The summed E-state index contributed by atoms with van der Waals surface area (Å²) in [7, 11) is 0. The molecule has 0 saturated heterocycles. The summed E-state index contributed by atoms with van der Waals surface area (Å²) in [6.07, 6.45) is 0. The van der Waals surface area contributed by atoms with E-state index in [1.54, 1.807) is 19.1 Å². The van der Waals surface area contributed by atoms with E-state index in [0.29, 0.717) is 0 Å². The van der Waals surface area contributed by atoms with Crippen molar-refractivity contribution in [3.05, 3.63) is 46.8 Å². The Morgan fingerprint density at radius 2 is 1.95 bits per heavy atom. The molecule has 2 rings (SSSR count). The van der Waals surface area contributed by atoms with Gasteiger partial charge < -0.3 is 9.84 Å². The molecule has 0 bridgehead atoms. The third kappa shape index (κ3) is 3.37. The summed E-state index contributed by atoms with van der Waals surface area (Å²) in [5.41, 5.74) is 2.48. The fraction of sp³-hybridized carbons (Fsp3) is 0.312. The van der Waals surface area contributed by atoms with Crippen molar-refractivity contribution in [2.75, 3.05) is 0 Å². The molecule has 0 radical (unpaired) electrons. The van der Waals surface area contributed by atoms with Gasteiger partial charge in [-0.2, -0.15) is 4.98 Å². The highest BCUT2D eigenvalue weighted by atomic mass is 16.5. The van der Waals surface area contributed by atoms with Gasteiger partial charge in [0.1, 0.15) is 11.3 Å². The van der Waals surface area contributed by atoms with Crippen molar-refractivity contribution in [1.29, 1.82) is 0 Å². The zero-order chi connectivity index (χ0) is 15.6. The number of nitrogens with zero attached hydrogens (tertiary/aromatic N) is 2. The molecule has 21 heavy (non-hydrogen) atoms. The minimum absolute atomic E-state index is 0.103. The van der Waals surface area contributed by atoms with Crippen LogP contribution >= 0.6 is 0 Å². The predicted octanol–water partition coefficient (Wildman–Crippen LogP) is 3.71. The van der Waals surface area contributed by atoms with Crippen LogP contribution in [0.15, 0.2) is 24.3 Å². The SMILES string of the molecule is Cc1cc(C(C)C)nc(Oc2c(C)cccc2C(=O)O)n1. The second-order valence-corrected chi connectivity index (χ2v) is 5.23. The van der Waals surface area contributed by atoms with Gasteiger partial charge in [-0.15, -0.1) is 0 Å². The van der Waals surface area contributed by atoms with Crippen molar-refractivity contribution < 1.29 is 14.6 Å². The summed E-state index contributed by atoms with van der Waals surface area (Å²) in [6, 6.07) is 7.05. The Hall–Kier alpha value is -2.43. The normalized spacial score (nSPS) is 10.7.